The predicted molar refractivity (Wildman–Crippen MR) is 93.4 cm³/mol. The first kappa shape index (κ1) is 16.1. The van der Waals surface area contributed by atoms with Crippen molar-refractivity contribution in [2.45, 2.75) is 52.4 Å². The third-order valence-corrected chi connectivity index (χ3v) is 5.70. The normalized spacial score (nSPS) is 27.4. The van der Waals surface area contributed by atoms with Gasteiger partial charge in [-0.15, -0.1) is 0 Å². The lowest BCUT2D eigenvalue weighted by Crippen LogP contribution is -2.35. The minimum Gasteiger partial charge on any atom is -0.0991 e. The van der Waals surface area contributed by atoms with E-state index in [0.29, 0.717) is 5.92 Å². The van der Waals surface area contributed by atoms with E-state index in [9.17, 15) is 0 Å². The Morgan fingerprint density at radius 2 is 1.86 bits per heavy atom. The van der Waals surface area contributed by atoms with Crippen LogP contribution in [-0.4, -0.2) is 0 Å². The second-order valence-corrected chi connectivity index (χ2v) is 7.33. The van der Waals surface area contributed by atoms with E-state index in [-0.39, 0.29) is 5.41 Å². The topological polar surface area (TPSA) is 0 Å². The molecule has 1 aromatic rings. The van der Waals surface area contributed by atoms with Gasteiger partial charge in [0, 0.05) is 0 Å². The minimum atomic E-state index is 0.258. The molecule has 3 atom stereocenters. The van der Waals surface area contributed by atoms with Gasteiger partial charge < -0.3 is 0 Å². The second kappa shape index (κ2) is 6.64. The zero-order valence-electron chi connectivity index (χ0n) is 14.1. The summed E-state index contributed by atoms with van der Waals surface area (Å²) in [6.45, 7) is 13.4. The third-order valence-electron chi connectivity index (χ3n) is 5.70. The van der Waals surface area contributed by atoms with Crippen LogP contribution < -0.4 is 0 Å². The number of benzene rings is 1. The van der Waals surface area contributed by atoms with Gasteiger partial charge in [-0.2, -0.15) is 0 Å². The molecule has 21 heavy (non-hydrogen) atoms. The van der Waals surface area contributed by atoms with Crippen molar-refractivity contribution in [1.82, 2.24) is 0 Å². The Morgan fingerprint density at radius 1 is 1.19 bits per heavy atom. The molecule has 0 heteroatoms. The number of allylic oxidation sites excluding steroid dienone is 3. The SMILES string of the molecule is C=C/C=C(\C)C1CC(C(C)(C)c2ccccc2)CCC1C. The zero-order chi connectivity index (χ0) is 15.5. The van der Waals surface area contributed by atoms with Gasteiger partial charge in [0.15, 0.2) is 0 Å². The molecule has 0 aromatic heterocycles. The molecule has 1 aliphatic carbocycles. The van der Waals surface area contributed by atoms with Gasteiger partial charge in [0.05, 0.1) is 0 Å². The minimum absolute atomic E-state index is 0.258. The van der Waals surface area contributed by atoms with Crippen LogP contribution >= 0.6 is 0 Å². The standard InChI is InChI=1S/C21H30/c1-6-10-16(2)20-15-19(14-13-17(20)3)21(4,5)18-11-8-7-9-12-18/h6-12,17,19-20H,1,13-15H2,2-5H3/b16-10+. The van der Waals surface area contributed by atoms with Crippen LogP contribution in [0.3, 0.4) is 0 Å². The van der Waals surface area contributed by atoms with Crippen LogP contribution in [0.15, 0.2) is 54.6 Å². The predicted octanol–water partition coefficient (Wildman–Crippen LogP) is 6.15. The molecule has 0 heterocycles. The molecule has 1 saturated carbocycles. The Labute approximate surface area is 131 Å². The highest BCUT2D eigenvalue weighted by Crippen LogP contribution is 2.46. The molecule has 0 N–H and O–H groups in total. The van der Waals surface area contributed by atoms with Crippen LogP contribution in [0.2, 0.25) is 0 Å². The molecule has 0 amide bonds. The second-order valence-electron chi connectivity index (χ2n) is 7.33. The fraction of sp³-hybridized carbons (Fsp3) is 0.524. The Hall–Kier alpha value is -1.30. The highest BCUT2D eigenvalue weighted by atomic mass is 14.4. The molecule has 0 nitrogen and oxygen atoms in total. The highest BCUT2D eigenvalue weighted by Gasteiger charge is 2.37. The van der Waals surface area contributed by atoms with Gasteiger partial charge in [-0.1, -0.05) is 75.4 Å². The van der Waals surface area contributed by atoms with Crippen molar-refractivity contribution in [2.24, 2.45) is 17.8 Å². The van der Waals surface area contributed by atoms with Crippen molar-refractivity contribution in [3.8, 4) is 0 Å². The molecule has 0 radical (unpaired) electrons. The van der Waals surface area contributed by atoms with Crippen LogP contribution in [0, 0.1) is 17.8 Å². The average molecular weight is 282 g/mol. The average Bonchev–Trinajstić information content (AvgIpc) is 2.48. The first-order valence-corrected chi connectivity index (χ1v) is 8.31. The first-order chi connectivity index (χ1) is 9.96. The van der Waals surface area contributed by atoms with Crippen molar-refractivity contribution < 1.29 is 0 Å². The van der Waals surface area contributed by atoms with E-state index in [1.807, 2.05) is 6.08 Å². The van der Waals surface area contributed by atoms with Crippen LogP contribution in [0.5, 0.6) is 0 Å². The maximum atomic E-state index is 3.86. The van der Waals surface area contributed by atoms with Crippen molar-refractivity contribution in [3.05, 3.63) is 60.2 Å². The largest absolute Gasteiger partial charge is 0.0991 e. The van der Waals surface area contributed by atoms with E-state index >= 15 is 0 Å². The van der Waals surface area contributed by atoms with E-state index in [1.165, 1.54) is 30.4 Å². The zero-order valence-corrected chi connectivity index (χ0v) is 14.1. The van der Waals surface area contributed by atoms with Gasteiger partial charge in [-0.3, -0.25) is 0 Å². The number of hydrogen-bond donors (Lipinski definition) is 0. The van der Waals surface area contributed by atoms with Crippen molar-refractivity contribution in [3.63, 3.8) is 0 Å². The van der Waals surface area contributed by atoms with Crippen molar-refractivity contribution in [1.29, 1.82) is 0 Å². The summed E-state index contributed by atoms with van der Waals surface area (Å²) in [6.07, 6.45) is 8.14. The van der Waals surface area contributed by atoms with Crippen LogP contribution in [0.1, 0.15) is 52.5 Å². The van der Waals surface area contributed by atoms with Gasteiger partial charge in [-0.05, 0) is 54.9 Å². The third kappa shape index (κ3) is 3.48. The van der Waals surface area contributed by atoms with E-state index in [2.05, 4.69) is 70.7 Å². The van der Waals surface area contributed by atoms with Gasteiger partial charge >= 0.3 is 0 Å². The quantitative estimate of drug-likeness (QED) is 0.581. The van der Waals surface area contributed by atoms with Gasteiger partial charge in [0.25, 0.3) is 0 Å². The molecular formula is C21H30. The Balaban J connectivity index is 2.21. The van der Waals surface area contributed by atoms with Crippen LogP contribution in [0.4, 0.5) is 0 Å². The lowest BCUT2D eigenvalue weighted by atomic mass is 9.62. The fourth-order valence-corrected chi connectivity index (χ4v) is 4.02. The summed E-state index contributed by atoms with van der Waals surface area (Å²) < 4.78 is 0. The summed E-state index contributed by atoms with van der Waals surface area (Å²) in [5.74, 6) is 2.27. The molecule has 1 aromatic carbocycles. The molecule has 0 spiro atoms. The molecular weight excluding hydrogens is 252 g/mol. The highest BCUT2D eigenvalue weighted by molar-refractivity contribution is 5.25. The molecule has 114 valence electrons. The monoisotopic (exact) mass is 282 g/mol. The lowest BCUT2D eigenvalue weighted by Gasteiger charge is -2.43. The summed E-state index contributed by atoms with van der Waals surface area (Å²) in [5, 5.41) is 0. The van der Waals surface area contributed by atoms with Gasteiger partial charge in [0.2, 0.25) is 0 Å². The van der Waals surface area contributed by atoms with Gasteiger partial charge in [0.1, 0.15) is 0 Å². The smallest absolute Gasteiger partial charge is 0.00751 e. The molecule has 0 saturated heterocycles. The summed E-state index contributed by atoms with van der Waals surface area (Å²) in [6, 6.07) is 11.0. The maximum Gasteiger partial charge on any atom is -0.00751 e. The Morgan fingerprint density at radius 3 is 2.48 bits per heavy atom. The van der Waals surface area contributed by atoms with Crippen molar-refractivity contribution in [2.75, 3.05) is 0 Å². The van der Waals surface area contributed by atoms with E-state index in [0.717, 1.165) is 11.8 Å². The summed E-state index contributed by atoms with van der Waals surface area (Å²) in [5.41, 5.74) is 3.24. The molecule has 0 aliphatic heterocycles. The van der Waals surface area contributed by atoms with Gasteiger partial charge in [-0.25, -0.2) is 0 Å². The molecule has 2 rings (SSSR count). The molecule has 0 bridgehead atoms. The fourth-order valence-electron chi connectivity index (χ4n) is 4.02. The van der Waals surface area contributed by atoms with Crippen molar-refractivity contribution >= 4 is 0 Å². The Kier molecular flexibility index (Phi) is 5.08. The van der Waals surface area contributed by atoms with Crippen LogP contribution in [-0.2, 0) is 5.41 Å². The summed E-state index contributed by atoms with van der Waals surface area (Å²) >= 11 is 0. The molecule has 3 unspecified atom stereocenters. The maximum absolute atomic E-state index is 3.86. The number of rotatable bonds is 4. The van der Waals surface area contributed by atoms with E-state index in [1.54, 1.807) is 0 Å². The van der Waals surface area contributed by atoms with E-state index < -0.39 is 0 Å². The van der Waals surface area contributed by atoms with E-state index in [4.69, 9.17) is 0 Å². The molecule has 1 aliphatic rings. The molecule has 1 fully saturated rings. The first-order valence-electron chi connectivity index (χ1n) is 8.31. The van der Waals surface area contributed by atoms with Crippen LogP contribution in [0.25, 0.3) is 0 Å². The Bertz CT molecular complexity index is 492. The summed E-state index contributed by atoms with van der Waals surface area (Å²) in [7, 11) is 0. The number of hydrogen-bond acceptors (Lipinski definition) is 0. The lowest BCUT2D eigenvalue weighted by molar-refractivity contribution is 0.157. The summed E-state index contributed by atoms with van der Waals surface area (Å²) in [4.78, 5) is 0.